The van der Waals surface area contributed by atoms with Gasteiger partial charge < -0.3 is 16.0 Å². The molecule has 4 rings (SSSR count). The van der Waals surface area contributed by atoms with Crippen molar-refractivity contribution < 1.29 is 9.59 Å². The fourth-order valence-corrected chi connectivity index (χ4v) is 3.60. The molecule has 4 N–H and O–H groups in total. The maximum Gasteiger partial charge on any atom is 0.243 e. The largest absolute Gasteiger partial charge is 0.368 e. The van der Waals surface area contributed by atoms with E-state index in [-0.39, 0.29) is 11.8 Å². The highest BCUT2D eigenvalue weighted by Crippen LogP contribution is 2.51. The van der Waals surface area contributed by atoms with Crippen molar-refractivity contribution in [2.45, 2.75) is 24.3 Å². The molecule has 1 radical (unpaired) electrons. The molecule has 5 heteroatoms. The zero-order valence-corrected chi connectivity index (χ0v) is 14.2. The molecule has 26 heavy (non-hydrogen) atoms. The number of carbonyl (C=O) groups is 2. The minimum atomic E-state index is -0.977. The van der Waals surface area contributed by atoms with E-state index in [1.807, 2.05) is 60.8 Å². The summed E-state index contributed by atoms with van der Waals surface area (Å²) in [6, 6.07) is 17.6. The van der Waals surface area contributed by atoms with E-state index in [0.29, 0.717) is 12.8 Å². The summed E-state index contributed by atoms with van der Waals surface area (Å²) in [5.74, 6) is -0.820. The summed E-state index contributed by atoms with van der Waals surface area (Å²) in [5.41, 5.74) is 7.72. The van der Waals surface area contributed by atoms with Crippen LogP contribution < -0.4 is 11.1 Å². The van der Waals surface area contributed by atoms with Gasteiger partial charge in [-0.1, -0.05) is 48.5 Å². The Bertz CT molecular complexity index is 964. The number of hydrogen-bond acceptors (Lipinski definition) is 2. The fourth-order valence-electron chi connectivity index (χ4n) is 3.60. The number of rotatable bonds is 6. The van der Waals surface area contributed by atoms with Crippen LogP contribution in [0.5, 0.6) is 0 Å². The quantitative estimate of drug-likeness (QED) is 0.640. The van der Waals surface area contributed by atoms with E-state index >= 15 is 0 Å². The zero-order valence-electron chi connectivity index (χ0n) is 14.2. The number of nitrogens with two attached hydrogens (primary N) is 1. The van der Waals surface area contributed by atoms with Crippen molar-refractivity contribution in [3.8, 4) is 0 Å². The van der Waals surface area contributed by atoms with E-state index in [1.165, 1.54) is 0 Å². The molecule has 0 aliphatic heterocycles. The Morgan fingerprint density at radius 1 is 1.15 bits per heavy atom. The Kier molecular flexibility index (Phi) is 3.99. The fraction of sp³-hybridized carbons (Fsp3) is 0.190. The van der Waals surface area contributed by atoms with Gasteiger partial charge in [-0.15, -0.1) is 0 Å². The summed E-state index contributed by atoms with van der Waals surface area (Å²) < 4.78 is 0. The molecular formula is C21H20N3O2. The van der Waals surface area contributed by atoms with Crippen LogP contribution in [0, 0.1) is 6.42 Å². The first-order chi connectivity index (χ1) is 12.6. The number of aromatic amines is 1. The van der Waals surface area contributed by atoms with Gasteiger partial charge in [0.15, 0.2) is 0 Å². The van der Waals surface area contributed by atoms with Gasteiger partial charge in [0.05, 0.1) is 6.42 Å². The highest BCUT2D eigenvalue weighted by Gasteiger charge is 2.60. The number of carbonyl (C=O) groups excluding carboxylic acids is 2. The number of fused-ring (bicyclic) bond motifs is 1. The first kappa shape index (κ1) is 16.4. The van der Waals surface area contributed by atoms with Crippen LogP contribution in [0.1, 0.15) is 23.5 Å². The second-order valence-corrected chi connectivity index (χ2v) is 6.76. The Balaban J connectivity index is 1.43. The molecule has 0 saturated heterocycles. The summed E-state index contributed by atoms with van der Waals surface area (Å²) in [6.07, 6.45) is 4.50. The molecule has 1 saturated carbocycles. The first-order valence-electron chi connectivity index (χ1n) is 8.65. The van der Waals surface area contributed by atoms with E-state index in [9.17, 15) is 9.59 Å². The second-order valence-electron chi connectivity index (χ2n) is 6.76. The third-order valence-electron chi connectivity index (χ3n) is 5.13. The Hall–Kier alpha value is -3.08. The second kappa shape index (κ2) is 6.33. The van der Waals surface area contributed by atoms with Crippen molar-refractivity contribution in [1.82, 2.24) is 10.3 Å². The molecule has 131 valence electrons. The number of primary amides is 1. The minimum Gasteiger partial charge on any atom is -0.368 e. The average molecular weight is 346 g/mol. The van der Waals surface area contributed by atoms with Crippen LogP contribution in [0.15, 0.2) is 60.8 Å². The standard InChI is InChI=1S/C21H20N3O2/c22-20(26)21(12-17(21)14-6-2-1-3-7-14)24-19(25)11-10-15-13-23-18-9-5-4-8-16(15)18/h1-9,11,13,17,23H,10,12H2,(H2,22,26)(H,24,25). The van der Waals surface area contributed by atoms with Gasteiger partial charge in [0.25, 0.3) is 0 Å². The lowest BCUT2D eigenvalue weighted by atomic mass is 10.0. The highest BCUT2D eigenvalue weighted by atomic mass is 16.2. The molecule has 1 aromatic heterocycles. The van der Waals surface area contributed by atoms with Crippen LogP contribution in [0.3, 0.4) is 0 Å². The molecule has 0 bridgehead atoms. The molecule has 2 aromatic carbocycles. The zero-order chi connectivity index (χ0) is 18.1. The molecule has 3 aromatic rings. The predicted molar refractivity (Wildman–Crippen MR) is 100 cm³/mol. The highest BCUT2D eigenvalue weighted by molar-refractivity contribution is 5.97. The molecule has 1 fully saturated rings. The van der Waals surface area contributed by atoms with Crippen molar-refractivity contribution in [3.63, 3.8) is 0 Å². The monoisotopic (exact) mass is 346 g/mol. The van der Waals surface area contributed by atoms with Crippen molar-refractivity contribution in [2.24, 2.45) is 5.73 Å². The van der Waals surface area contributed by atoms with Gasteiger partial charge in [-0.25, -0.2) is 0 Å². The van der Waals surface area contributed by atoms with E-state index in [0.717, 1.165) is 22.0 Å². The van der Waals surface area contributed by atoms with Gasteiger partial charge in [0.2, 0.25) is 11.8 Å². The van der Waals surface area contributed by atoms with Crippen LogP contribution >= 0.6 is 0 Å². The maximum absolute atomic E-state index is 12.4. The summed E-state index contributed by atoms with van der Waals surface area (Å²) in [7, 11) is 0. The van der Waals surface area contributed by atoms with E-state index in [2.05, 4.69) is 10.3 Å². The van der Waals surface area contributed by atoms with Crippen molar-refractivity contribution >= 4 is 22.7 Å². The number of benzene rings is 2. The Labute approximate surface area is 151 Å². The predicted octanol–water partition coefficient (Wildman–Crippen LogP) is 2.44. The molecule has 2 unspecified atom stereocenters. The number of aromatic nitrogens is 1. The SMILES string of the molecule is NC(=O)C1(NC(=O)[CH]Cc2c[nH]c3ccccc23)CC1c1ccccc1. The molecular weight excluding hydrogens is 326 g/mol. The summed E-state index contributed by atoms with van der Waals surface area (Å²) in [6.45, 7) is 0. The number of amides is 2. The average Bonchev–Trinajstić information content (AvgIpc) is 3.24. The number of nitrogens with one attached hydrogen (secondary N) is 2. The van der Waals surface area contributed by atoms with Gasteiger partial charge >= 0.3 is 0 Å². The van der Waals surface area contributed by atoms with Crippen LogP contribution in [-0.2, 0) is 16.0 Å². The van der Waals surface area contributed by atoms with E-state index in [4.69, 9.17) is 5.73 Å². The lowest BCUT2D eigenvalue weighted by Gasteiger charge is -2.16. The number of hydrogen-bond donors (Lipinski definition) is 3. The van der Waals surface area contributed by atoms with Crippen molar-refractivity contribution in [2.75, 3.05) is 0 Å². The smallest absolute Gasteiger partial charge is 0.243 e. The number of H-pyrrole nitrogens is 1. The third-order valence-corrected chi connectivity index (χ3v) is 5.13. The van der Waals surface area contributed by atoms with Crippen LogP contribution in [0.4, 0.5) is 0 Å². The Morgan fingerprint density at radius 2 is 1.88 bits per heavy atom. The van der Waals surface area contributed by atoms with E-state index in [1.54, 1.807) is 6.42 Å². The molecule has 1 aliphatic carbocycles. The lowest BCUT2D eigenvalue weighted by Crippen LogP contribution is -2.48. The van der Waals surface area contributed by atoms with Gasteiger partial charge in [0.1, 0.15) is 5.54 Å². The van der Waals surface area contributed by atoms with Gasteiger partial charge in [-0.05, 0) is 30.0 Å². The number of para-hydroxylation sites is 1. The van der Waals surface area contributed by atoms with Crippen LogP contribution in [0.25, 0.3) is 10.9 Å². The molecule has 2 amide bonds. The summed E-state index contributed by atoms with van der Waals surface area (Å²) >= 11 is 0. The summed E-state index contributed by atoms with van der Waals surface area (Å²) in [5, 5.41) is 3.94. The van der Waals surface area contributed by atoms with Crippen molar-refractivity contribution in [3.05, 3.63) is 78.3 Å². The normalized spacial score (nSPS) is 21.5. The lowest BCUT2D eigenvalue weighted by molar-refractivity contribution is -0.126. The van der Waals surface area contributed by atoms with Gasteiger partial charge in [-0.3, -0.25) is 9.59 Å². The Morgan fingerprint density at radius 3 is 2.65 bits per heavy atom. The van der Waals surface area contributed by atoms with Gasteiger partial charge in [0, 0.05) is 23.0 Å². The topological polar surface area (TPSA) is 88.0 Å². The van der Waals surface area contributed by atoms with Crippen LogP contribution in [-0.4, -0.2) is 22.3 Å². The molecule has 5 nitrogen and oxygen atoms in total. The molecule has 1 heterocycles. The first-order valence-corrected chi connectivity index (χ1v) is 8.65. The van der Waals surface area contributed by atoms with Gasteiger partial charge in [-0.2, -0.15) is 0 Å². The molecule has 2 atom stereocenters. The minimum absolute atomic E-state index is 0.0633. The maximum atomic E-state index is 12.4. The van der Waals surface area contributed by atoms with E-state index < -0.39 is 11.4 Å². The molecule has 0 spiro atoms. The summed E-state index contributed by atoms with van der Waals surface area (Å²) in [4.78, 5) is 27.6. The van der Waals surface area contributed by atoms with Crippen LogP contribution in [0.2, 0.25) is 0 Å². The molecule has 1 aliphatic rings. The van der Waals surface area contributed by atoms with Crippen molar-refractivity contribution in [1.29, 1.82) is 0 Å². The third kappa shape index (κ3) is 2.86.